The molecular formula is C9H17O. The molecule has 0 aromatic rings. The summed E-state index contributed by atoms with van der Waals surface area (Å²) < 4.78 is 5.38. The fraction of sp³-hybridized carbons (Fsp3) is 0.889. The topological polar surface area (TPSA) is 9.23 Å². The van der Waals surface area contributed by atoms with Crippen molar-refractivity contribution in [3.05, 3.63) is 6.92 Å². The van der Waals surface area contributed by atoms with Gasteiger partial charge in [0.2, 0.25) is 0 Å². The molecule has 0 bridgehead atoms. The number of hydrogen-bond acceptors (Lipinski definition) is 1. The normalized spacial score (nSPS) is 34.8. The maximum Gasteiger partial charge on any atom is 0.0580 e. The summed E-state index contributed by atoms with van der Waals surface area (Å²) in [5.74, 6) is 0.704. The third-order valence-corrected chi connectivity index (χ3v) is 2.31. The molecule has 10 heavy (non-hydrogen) atoms. The standard InChI is InChI=1S/C9H17O/c1-7-5-8(6-10-7)9(2,3)4/h7-8H,1,5-6H2,2-4H3/t7-,8+/m0/s1. The van der Waals surface area contributed by atoms with Crippen LogP contribution in [0, 0.1) is 18.3 Å². The Morgan fingerprint density at radius 2 is 2.00 bits per heavy atom. The first-order valence-corrected chi connectivity index (χ1v) is 3.95. The molecule has 1 rings (SSSR count). The number of rotatable bonds is 0. The Morgan fingerprint density at radius 3 is 2.20 bits per heavy atom. The maximum atomic E-state index is 5.38. The van der Waals surface area contributed by atoms with E-state index in [0.29, 0.717) is 11.3 Å². The quantitative estimate of drug-likeness (QED) is 0.503. The Labute approximate surface area is 63.8 Å². The van der Waals surface area contributed by atoms with Crippen molar-refractivity contribution in [3.8, 4) is 0 Å². The van der Waals surface area contributed by atoms with E-state index in [2.05, 4.69) is 27.7 Å². The van der Waals surface area contributed by atoms with Gasteiger partial charge in [0.1, 0.15) is 0 Å². The van der Waals surface area contributed by atoms with Crippen molar-refractivity contribution in [2.24, 2.45) is 11.3 Å². The number of ether oxygens (including phenoxy) is 1. The zero-order valence-electron chi connectivity index (χ0n) is 7.18. The third-order valence-electron chi connectivity index (χ3n) is 2.31. The fourth-order valence-electron chi connectivity index (χ4n) is 1.31. The van der Waals surface area contributed by atoms with Crippen LogP contribution < -0.4 is 0 Å². The molecule has 2 atom stereocenters. The Hall–Kier alpha value is -0.0400. The smallest absolute Gasteiger partial charge is 0.0580 e. The van der Waals surface area contributed by atoms with Gasteiger partial charge in [0.25, 0.3) is 0 Å². The van der Waals surface area contributed by atoms with Crippen LogP contribution in [0.15, 0.2) is 0 Å². The van der Waals surface area contributed by atoms with Crippen LogP contribution in [0.4, 0.5) is 0 Å². The minimum atomic E-state index is 0.240. The lowest BCUT2D eigenvalue weighted by Crippen LogP contribution is -2.20. The zero-order valence-corrected chi connectivity index (χ0v) is 7.18. The Kier molecular flexibility index (Phi) is 2.04. The molecule has 1 heteroatoms. The van der Waals surface area contributed by atoms with E-state index in [1.54, 1.807) is 0 Å². The first-order valence-electron chi connectivity index (χ1n) is 3.95. The van der Waals surface area contributed by atoms with Gasteiger partial charge in [-0.15, -0.1) is 0 Å². The Bertz CT molecular complexity index is 112. The first-order chi connectivity index (χ1) is 4.50. The van der Waals surface area contributed by atoms with Crippen molar-refractivity contribution in [1.82, 2.24) is 0 Å². The molecular weight excluding hydrogens is 124 g/mol. The SMILES string of the molecule is [CH2][C@H]1C[C@@H](C(C)(C)C)CO1. The van der Waals surface area contributed by atoms with Crippen LogP contribution >= 0.6 is 0 Å². The highest BCUT2D eigenvalue weighted by Gasteiger charge is 2.31. The molecule has 1 aliphatic rings. The molecule has 0 aromatic carbocycles. The van der Waals surface area contributed by atoms with Crippen LogP contribution in [0.3, 0.4) is 0 Å². The lowest BCUT2D eigenvalue weighted by Gasteiger charge is -2.25. The van der Waals surface area contributed by atoms with Crippen molar-refractivity contribution in [2.45, 2.75) is 33.3 Å². The molecule has 0 saturated carbocycles. The van der Waals surface area contributed by atoms with Crippen molar-refractivity contribution >= 4 is 0 Å². The second kappa shape index (κ2) is 2.54. The fourth-order valence-corrected chi connectivity index (χ4v) is 1.31. The summed E-state index contributed by atoms with van der Waals surface area (Å²) in [6, 6.07) is 0. The molecule has 59 valence electrons. The molecule has 1 nitrogen and oxygen atoms in total. The maximum absolute atomic E-state index is 5.38. The van der Waals surface area contributed by atoms with Gasteiger partial charge in [-0.25, -0.2) is 0 Å². The van der Waals surface area contributed by atoms with Gasteiger partial charge >= 0.3 is 0 Å². The van der Waals surface area contributed by atoms with E-state index in [1.165, 1.54) is 0 Å². The summed E-state index contributed by atoms with van der Waals surface area (Å²) in [5, 5.41) is 0. The summed E-state index contributed by atoms with van der Waals surface area (Å²) in [7, 11) is 0. The van der Waals surface area contributed by atoms with Crippen LogP contribution in [0.2, 0.25) is 0 Å². The van der Waals surface area contributed by atoms with E-state index < -0.39 is 0 Å². The minimum Gasteiger partial charge on any atom is -0.378 e. The van der Waals surface area contributed by atoms with Crippen LogP contribution in [0.25, 0.3) is 0 Å². The summed E-state index contributed by atoms with van der Waals surface area (Å²) in [4.78, 5) is 0. The van der Waals surface area contributed by atoms with E-state index in [4.69, 9.17) is 4.74 Å². The molecule has 0 aliphatic carbocycles. The van der Waals surface area contributed by atoms with Crippen LogP contribution in [0.1, 0.15) is 27.2 Å². The molecule has 1 heterocycles. The molecule has 0 aromatic heterocycles. The van der Waals surface area contributed by atoms with Crippen LogP contribution in [-0.4, -0.2) is 12.7 Å². The zero-order chi connectivity index (χ0) is 7.78. The second-order valence-electron chi connectivity index (χ2n) is 4.25. The van der Waals surface area contributed by atoms with Gasteiger partial charge in [-0.1, -0.05) is 20.8 Å². The molecule has 1 saturated heterocycles. The summed E-state index contributed by atoms with van der Waals surface area (Å²) >= 11 is 0. The summed E-state index contributed by atoms with van der Waals surface area (Å²) in [5.41, 5.74) is 0.395. The van der Waals surface area contributed by atoms with Crippen molar-refractivity contribution in [2.75, 3.05) is 6.61 Å². The minimum absolute atomic E-state index is 0.240. The van der Waals surface area contributed by atoms with Crippen molar-refractivity contribution in [3.63, 3.8) is 0 Å². The summed E-state index contributed by atoms with van der Waals surface area (Å²) in [6.07, 6.45) is 1.37. The van der Waals surface area contributed by atoms with E-state index >= 15 is 0 Å². The average molecular weight is 141 g/mol. The highest BCUT2D eigenvalue weighted by Crippen LogP contribution is 2.34. The molecule has 0 amide bonds. The second-order valence-corrected chi connectivity index (χ2v) is 4.25. The summed E-state index contributed by atoms with van der Waals surface area (Å²) in [6.45, 7) is 11.6. The van der Waals surface area contributed by atoms with Crippen molar-refractivity contribution < 1.29 is 4.74 Å². The van der Waals surface area contributed by atoms with Gasteiger partial charge < -0.3 is 4.74 Å². The molecule has 1 radical (unpaired) electrons. The highest BCUT2D eigenvalue weighted by molar-refractivity contribution is 4.82. The molecule has 0 N–H and O–H groups in total. The first kappa shape index (κ1) is 8.06. The van der Waals surface area contributed by atoms with Gasteiger partial charge in [0.15, 0.2) is 0 Å². The monoisotopic (exact) mass is 141 g/mol. The van der Waals surface area contributed by atoms with Gasteiger partial charge in [0.05, 0.1) is 12.7 Å². The highest BCUT2D eigenvalue weighted by atomic mass is 16.5. The van der Waals surface area contributed by atoms with Gasteiger partial charge in [0, 0.05) is 0 Å². The van der Waals surface area contributed by atoms with E-state index in [9.17, 15) is 0 Å². The molecule has 0 unspecified atom stereocenters. The lowest BCUT2D eigenvalue weighted by atomic mass is 9.80. The Morgan fingerprint density at radius 1 is 1.40 bits per heavy atom. The number of hydrogen-bond donors (Lipinski definition) is 0. The van der Waals surface area contributed by atoms with Gasteiger partial charge in [-0.3, -0.25) is 0 Å². The van der Waals surface area contributed by atoms with Gasteiger partial charge in [-0.2, -0.15) is 0 Å². The predicted molar refractivity (Wildman–Crippen MR) is 42.7 cm³/mol. The van der Waals surface area contributed by atoms with E-state index in [1.807, 2.05) is 0 Å². The van der Waals surface area contributed by atoms with Crippen LogP contribution in [0.5, 0.6) is 0 Å². The molecule has 1 aliphatic heterocycles. The molecule has 1 fully saturated rings. The Balaban J connectivity index is 2.45. The average Bonchev–Trinajstić information content (AvgIpc) is 2.11. The third kappa shape index (κ3) is 1.72. The van der Waals surface area contributed by atoms with E-state index in [0.717, 1.165) is 13.0 Å². The van der Waals surface area contributed by atoms with Gasteiger partial charge in [-0.05, 0) is 24.7 Å². The lowest BCUT2D eigenvalue weighted by molar-refractivity contribution is 0.121. The largest absolute Gasteiger partial charge is 0.378 e. The van der Waals surface area contributed by atoms with Crippen LogP contribution in [-0.2, 0) is 4.74 Å². The molecule has 0 spiro atoms. The van der Waals surface area contributed by atoms with Crippen molar-refractivity contribution in [1.29, 1.82) is 0 Å². The predicted octanol–water partition coefficient (Wildman–Crippen LogP) is 2.27. The van der Waals surface area contributed by atoms with E-state index in [-0.39, 0.29) is 6.10 Å².